The number of hydrogen-bond donors (Lipinski definition) is 0. The number of likely N-dealkylation sites (tertiary alicyclic amines) is 1. The van der Waals surface area contributed by atoms with E-state index in [0.717, 1.165) is 68.7 Å². The van der Waals surface area contributed by atoms with Gasteiger partial charge in [-0.15, -0.1) is 11.6 Å². The quantitative estimate of drug-likeness (QED) is 0.181. The molecule has 0 spiro atoms. The van der Waals surface area contributed by atoms with Crippen LogP contribution in [0.3, 0.4) is 0 Å². The fraction of sp³-hybridized carbons (Fsp3) is 0.629. The minimum absolute atomic E-state index is 0.0502. The number of hydrogen-bond acceptors (Lipinski definition) is 6. The number of rotatable bonds is 10. The van der Waals surface area contributed by atoms with E-state index in [1.54, 1.807) is 19.1 Å². The van der Waals surface area contributed by atoms with Gasteiger partial charge in [-0.3, -0.25) is 4.79 Å². The highest BCUT2D eigenvalue weighted by Gasteiger charge is 2.44. The molecule has 4 unspecified atom stereocenters. The number of ether oxygens (including phenoxy) is 2. The maximum Gasteiger partial charge on any atom is 0.433 e. The van der Waals surface area contributed by atoms with Crippen LogP contribution >= 0.6 is 23.2 Å². The topological polar surface area (TPSA) is 67.8 Å². The first kappa shape index (κ1) is 35.6. The Morgan fingerprint density at radius 1 is 1.09 bits per heavy atom. The molecule has 2 aliphatic carbocycles. The Morgan fingerprint density at radius 3 is 2.49 bits per heavy atom. The molecule has 2 saturated heterocycles. The van der Waals surface area contributed by atoms with Gasteiger partial charge in [-0.1, -0.05) is 36.9 Å². The van der Waals surface area contributed by atoms with Gasteiger partial charge in [0.05, 0.1) is 25.1 Å². The highest BCUT2D eigenvalue weighted by molar-refractivity contribution is 6.33. The van der Waals surface area contributed by atoms with Crippen LogP contribution in [0.4, 0.5) is 19.1 Å². The first-order valence-corrected chi connectivity index (χ1v) is 17.3. The van der Waals surface area contributed by atoms with Gasteiger partial charge in [0.25, 0.3) is 0 Å². The molecule has 0 radical (unpaired) electrons. The highest BCUT2D eigenvalue weighted by atomic mass is 35.5. The van der Waals surface area contributed by atoms with E-state index in [1.807, 2.05) is 25.2 Å². The Balaban J connectivity index is 1.28. The van der Waals surface area contributed by atoms with E-state index in [1.165, 1.54) is 11.1 Å². The third-order valence-corrected chi connectivity index (χ3v) is 10.5. The van der Waals surface area contributed by atoms with Crippen molar-refractivity contribution >= 4 is 35.1 Å². The lowest BCUT2D eigenvalue weighted by Gasteiger charge is -2.47. The summed E-state index contributed by atoms with van der Waals surface area (Å²) < 4.78 is 51.4. The van der Waals surface area contributed by atoms with Crippen molar-refractivity contribution < 1.29 is 27.4 Å². The van der Waals surface area contributed by atoms with Crippen LogP contribution in [0.1, 0.15) is 77.3 Å². The van der Waals surface area contributed by atoms with E-state index in [4.69, 9.17) is 32.7 Å². The number of aromatic nitrogens is 2. The number of fused-ring (bicyclic) bond motifs is 1. The zero-order valence-corrected chi connectivity index (χ0v) is 29.1. The number of anilines is 1. The summed E-state index contributed by atoms with van der Waals surface area (Å²) in [5, 5.41) is 0.688. The summed E-state index contributed by atoms with van der Waals surface area (Å²) >= 11 is 12.9. The van der Waals surface area contributed by atoms with E-state index < -0.39 is 16.7 Å². The van der Waals surface area contributed by atoms with E-state index in [9.17, 15) is 18.0 Å². The van der Waals surface area contributed by atoms with Crippen LogP contribution < -0.4 is 4.90 Å². The van der Waals surface area contributed by atoms with E-state index >= 15 is 0 Å². The summed E-state index contributed by atoms with van der Waals surface area (Å²) in [7, 11) is 3.36. The number of methoxy groups -OCH3 is 2. The summed E-state index contributed by atoms with van der Waals surface area (Å²) in [6.07, 6.45) is 9.83. The number of carbonyl (C=O) groups excluding carboxylic acids is 1. The molecule has 4 aliphatic rings. The largest absolute Gasteiger partial charge is 0.501 e. The smallest absolute Gasteiger partial charge is 0.433 e. The van der Waals surface area contributed by atoms with Crippen molar-refractivity contribution in [2.24, 2.45) is 17.8 Å². The van der Waals surface area contributed by atoms with Crippen LogP contribution in [-0.2, 0) is 20.4 Å². The predicted octanol–water partition coefficient (Wildman–Crippen LogP) is 8.41. The normalized spacial score (nSPS) is 27.2. The second kappa shape index (κ2) is 14.8. The van der Waals surface area contributed by atoms with Gasteiger partial charge in [0.1, 0.15) is 17.2 Å². The van der Waals surface area contributed by atoms with Crippen LogP contribution in [0.2, 0.25) is 0 Å². The van der Waals surface area contributed by atoms with Gasteiger partial charge in [0, 0.05) is 48.8 Å². The van der Waals surface area contributed by atoms with Crippen LogP contribution in [0.15, 0.2) is 58.2 Å². The number of halogens is 5. The van der Waals surface area contributed by atoms with Gasteiger partial charge in [-0.2, -0.15) is 13.2 Å². The predicted molar refractivity (Wildman–Crippen MR) is 178 cm³/mol. The zero-order valence-electron chi connectivity index (χ0n) is 27.6. The van der Waals surface area contributed by atoms with Crippen LogP contribution in [0.5, 0.6) is 0 Å². The molecule has 47 heavy (non-hydrogen) atoms. The highest BCUT2D eigenvalue weighted by Crippen LogP contribution is 2.45. The first-order valence-electron chi connectivity index (χ1n) is 16.6. The van der Waals surface area contributed by atoms with Gasteiger partial charge in [-0.25, -0.2) is 9.97 Å². The van der Waals surface area contributed by atoms with Crippen molar-refractivity contribution in [2.45, 2.75) is 88.7 Å². The Morgan fingerprint density at radius 2 is 1.83 bits per heavy atom. The molecular formula is C35H45Cl2F3N4O3. The molecule has 2 aliphatic heterocycles. The minimum atomic E-state index is -4.54. The molecule has 1 aromatic heterocycles. The summed E-state index contributed by atoms with van der Waals surface area (Å²) in [5.74, 6) is 1.97. The molecule has 0 bridgehead atoms. The third-order valence-electron chi connectivity index (χ3n) is 10.1. The molecule has 1 aromatic rings. The fourth-order valence-corrected chi connectivity index (χ4v) is 8.47. The van der Waals surface area contributed by atoms with Gasteiger partial charge in [0.15, 0.2) is 0 Å². The van der Waals surface area contributed by atoms with E-state index in [2.05, 4.69) is 21.8 Å². The zero-order chi connectivity index (χ0) is 33.9. The summed E-state index contributed by atoms with van der Waals surface area (Å²) in [5.41, 5.74) is 1.46. The Bertz CT molecular complexity index is 1430. The number of piperidine rings is 2. The second-order valence-electron chi connectivity index (χ2n) is 13.4. The van der Waals surface area contributed by atoms with Crippen molar-refractivity contribution in [3.63, 3.8) is 0 Å². The molecule has 12 heteroatoms. The summed E-state index contributed by atoms with van der Waals surface area (Å²) in [6, 6.07) is 0.773. The van der Waals surface area contributed by atoms with Gasteiger partial charge in [-0.05, 0) is 81.6 Å². The Kier molecular flexibility index (Phi) is 11.2. The summed E-state index contributed by atoms with van der Waals surface area (Å²) in [6.45, 7) is 5.62. The fourth-order valence-electron chi connectivity index (χ4n) is 7.73. The van der Waals surface area contributed by atoms with Crippen molar-refractivity contribution in [3.8, 4) is 0 Å². The first-order chi connectivity index (χ1) is 22.3. The number of unbranched alkanes of at least 4 members (excludes halogenated alkanes) is 2. The minimum Gasteiger partial charge on any atom is -0.501 e. The number of allylic oxidation sites excluding steroid dienone is 6. The number of nitrogens with zero attached hydrogens (tertiary/aromatic N) is 4. The lowest BCUT2D eigenvalue weighted by atomic mass is 9.72. The Hall–Kier alpha value is -2.72. The van der Waals surface area contributed by atoms with Crippen molar-refractivity contribution in [2.75, 3.05) is 38.8 Å². The average Bonchev–Trinajstić information content (AvgIpc) is 3.03. The molecule has 4 atom stereocenters. The molecule has 3 heterocycles. The molecule has 2 fully saturated rings. The van der Waals surface area contributed by atoms with Gasteiger partial charge < -0.3 is 19.3 Å². The standard InChI is InChI=1S/C35H45Cl2F3N4O3/c1-22-26-13-17-44(32(45)24-11-15-43(16-12-24)33-41-14-10-30(42-33)35(38,39)40)27(31(26)29(47-4)19-28(22)46-3)9-7-5-6-8-23-18-25(36)21-34(2,37)20-23/h10,14,18-19,21-22,24,26-27H,5-9,11-13,15-17,20H2,1-4H3. The molecule has 5 rings (SSSR count). The van der Waals surface area contributed by atoms with Gasteiger partial charge >= 0.3 is 6.18 Å². The molecule has 7 nitrogen and oxygen atoms in total. The number of alkyl halides is 4. The Labute approximate surface area is 285 Å². The summed E-state index contributed by atoms with van der Waals surface area (Å²) in [4.78, 5) is 25.4. The number of carbonyl (C=O) groups is 1. The molecule has 258 valence electrons. The van der Waals surface area contributed by atoms with E-state index in [0.29, 0.717) is 37.5 Å². The number of amides is 1. The lowest BCUT2D eigenvalue weighted by molar-refractivity contribution is -0.141. The third kappa shape index (κ3) is 8.30. The maximum atomic E-state index is 14.2. The molecule has 0 N–H and O–H groups in total. The lowest BCUT2D eigenvalue weighted by Crippen LogP contribution is -2.53. The average molecular weight is 698 g/mol. The molecular weight excluding hydrogens is 652 g/mol. The second-order valence-corrected chi connectivity index (χ2v) is 14.7. The molecule has 1 amide bonds. The van der Waals surface area contributed by atoms with Crippen molar-refractivity contribution in [1.82, 2.24) is 14.9 Å². The van der Waals surface area contributed by atoms with Crippen LogP contribution in [0.25, 0.3) is 0 Å². The molecule has 0 aromatic carbocycles. The SMILES string of the molecule is COC1=CC(OC)=C2C(CCN(C(=O)C3CCN(c4nccc(C(F)(F)F)n4)CC3)C2CCCCCC2=CC(Cl)=CC(C)(Cl)C2)C1C. The molecule has 0 saturated carbocycles. The van der Waals surface area contributed by atoms with Crippen LogP contribution in [-0.4, -0.2) is 65.5 Å². The van der Waals surface area contributed by atoms with Gasteiger partial charge in [0.2, 0.25) is 11.9 Å². The van der Waals surface area contributed by atoms with Crippen molar-refractivity contribution in [1.29, 1.82) is 0 Å². The van der Waals surface area contributed by atoms with E-state index in [-0.39, 0.29) is 35.7 Å². The monoisotopic (exact) mass is 696 g/mol. The maximum absolute atomic E-state index is 14.2. The van der Waals surface area contributed by atoms with Crippen LogP contribution in [0, 0.1) is 17.8 Å². The van der Waals surface area contributed by atoms with Crippen molar-refractivity contribution in [3.05, 3.63) is 63.9 Å².